The summed E-state index contributed by atoms with van der Waals surface area (Å²) in [5, 5.41) is 2.15. The van der Waals surface area contributed by atoms with E-state index in [0.29, 0.717) is 38.1 Å². The Kier molecular flexibility index (Phi) is 16.6. The number of amides is 2. The number of benzene rings is 4. The maximum absolute atomic E-state index is 12.5. The number of para-hydroxylation sites is 3. The molecule has 0 atom stereocenters. The number of hydrogen-bond donors (Lipinski definition) is 0. The van der Waals surface area contributed by atoms with Crippen molar-refractivity contribution in [3.05, 3.63) is 126 Å². The predicted molar refractivity (Wildman–Crippen MR) is 212 cm³/mol. The van der Waals surface area contributed by atoms with Crippen LogP contribution in [0.4, 0.5) is 13.2 Å². The van der Waals surface area contributed by atoms with Crippen LogP contribution in [0.15, 0.2) is 119 Å². The highest BCUT2D eigenvalue weighted by atomic mass is 32.2. The van der Waals surface area contributed by atoms with Gasteiger partial charge in [0.25, 0.3) is 0 Å². The maximum Gasteiger partial charge on any atom is 0.416 e. The Hall–Kier alpha value is -4.68. The Labute approximate surface area is 324 Å². The molecule has 5 aromatic rings. The van der Waals surface area contributed by atoms with Crippen molar-refractivity contribution in [3.8, 4) is 11.5 Å². The Morgan fingerprint density at radius 2 is 1.15 bits per heavy atom. The van der Waals surface area contributed by atoms with E-state index in [-0.39, 0.29) is 11.8 Å². The third kappa shape index (κ3) is 13.3. The number of aromatic nitrogens is 1. The second-order valence-corrected chi connectivity index (χ2v) is 14.7. The summed E-state index contributed by atoms with van der Waals surface area (Å²) in [5.74, 6) is 3.27. The highest BCUT2D eigenvalue weighted by Gasteiger charge is 2.30. The molecule has 0 aliphatic carbocycles. The molecule has 54 heavy (non-hydrogen) atoms. The van der Waals surface area contributed by atoms with Gasteiger partial charge in [0.1, 0.15) is 11.5 Å². The number of methoxy groups -OCH3 is 2. The van der Waals surface area contributed by atoms with Gasteiger partial charge < -0.3 is 19.3 Å². The summed E-state index contributed by atoms with van der Waals surface area (Å²) in [5.41, 5.74) is 2.32. The highest BCUT2D eigenvalue weighted by molar-refractivity contribution is 7.99. The van der Waals surface area contributed by atoms with Gasteiger partial charge in [0.2, 0.25) is 11.8 Å². The monoisotopic (exact) mass is 777 g/mol. The second-order valence-electron chi connectivity index (χ2n) is 12.4. The van der Waals surface area contributed by atoms with E-state index in [2.05, 4.69) is 17.1 Å². The number of thioether (sulfide) groups is 2. The molecule has 0 spiro atoms. The van der Waals surface area contributed by atoms with Crippen molar-refractivity contribution >= 4 is 46.2 Å². The largest absolute Gasteiger partial charge is 0.496 e. The van der Waals surface area contributed by atoms with Crippen LogP contribution in [-0.4, -0.2) is 66.4 Å². The fourth-order valence-corrected chi connectivity index (χ4v) is 7.10. The van der Waals surface area contributed by atoms with E-state index < -0.39 is 11.7 Å². The molecule has 4 aromatic carbocycles. The van der Waals surface area contributed by atoms with E-state index in [0.717, 1.165) is 67.8 Å². The lowest BCUT2D eigenvalue weighted by molar-refractivity contribution is -0.137. The normalized spacial score (nSPS) is 11.0. The van der Waals surface area contributed by atoms with Crippen molar-refractivity contribution < 1.29 is 32.2 Å². The van der Waals surface area contributed by atoms with Gasteiger partial charge in [-0.2, -0.15) is 13.2 Å². The first-order valence-corrected chi connectivity index (χ1v) is 19.5. The van der Waals surface area contributed by atoms with E-state index in [4.69, 9.17) is 9.47 Å². The van der Waals surface area contributed by atoms with Crippen molar-refractivity contribution in [2.75, 3.05) is 39.8 Å². The molecule has 0 aliphatic rings. The van der Waals surface area contributed by atoms with E-state index in [1.165, 1.54) is 23.9 Å². The number of pyridine rings is 1. The maximum atomic E-state index is 12.5. The first-order valence-electron chi connectivity index (χ1n) is 17.5. The van der Waals surface area contributed by atoms with Crippen molar-refractivity contribution in [1.29, 1.82) is 0 Å². The summed E-state index contributed by atoms with van der Waals surface area (Å²) < 4.78 is 48.3. The van der Waals surface area contributed by atoms with E-state index in [1.807, 2.05) is 79.8 Å². The Morgan fingerprint density at radius 3 is 1.69 bits per heavy atom. The molecule has 0 saturated heterocycles. The molecule has 0 radical (unpaired) electrons. The average Bonchev–Trinajstić information content (AvgIpc) is 3.18. The lowest BCUT2D eigenvalue weighted by Gasteiger charge is -2.18. The van der Waals surface area contributed by atoms with E-state index in [9.17, 15) is 22.8 Å². The third-order valence-electron chi connectivity index (χ3n) is 8.39. The topological polar surface area (TPSA) is 72.0 Å². The number of hydrogen-bond acceptors (Lipinski definition) is 7. The summed E-state index contributed by atoms with van der Waals surface area (Å²) in [4.78, 5) is 33.5. The Balaban J connectivity index is 0.000000241. The predicted octanol–water partition coefficient (Wildman–Crippen LogP) is 10.0. The zero-order valence-electron chi connectivity index (χ0n) is 31.0. The minimum atomic E-state index is -4.32. The summed E-state index contributed by atoms with van der Waals surface area (Å²) in [7, 11) is 6.84. The number of carbonyl (C=O) groups is 2. The Bertz CT molecular complexity index is 1940. The summed E-state index contributed by atoms with van der Waals surface area (Å²) >= 11 is 3.14. The number of rotatable bonds is 16. The van der Waals surface area contributed by atoms with Crippen LogP contribution in [0, 0.1) is 0 Å². The minimum Gasteiger partial charge on any atom is -0.496 e. The van der Waals surface area contributed by atoms with Gasteiger partial charge >= 0.3 is 6.18 Å². The zero-order valence-corrected chi connectivity index (χ0v) is 32.6. The first kappa shape index (κ1) is 42.1. The SMILES string of the molecule is COc1ccccc1CN(C)C(=O)CCCSc1ccc(C(F)(F)F)cc1.COc1ccccc1CN(C)C(=O)CCCSc1ccc2ccccc2n1. The summed E-state index contributed by atoms with van der Waals surface area (Å²) in [6.07, 6.45) is -1.91. The molecule has 0 fully saturated rings. The van der Waals surface area contributed by atoms with Crippen LogP contribution in [0.1, 0.15) is 42.4 Å². The number of ether oxygens (including phenoxy) is 2. The van der Waals surface area contributed by atoms with Crippen LogP contribution in [-0.2, 0) is 28.9 Å². The fraction of sp³-hybridized carbons (Fsp3) is 0.310. The lowest BCUT2D eigenvalue weighted by Crippen LogP contribution is -2.26. The number of alkyl halides is 3. The van der Waals surface area contributed by atoms with Gasteiger partial charge in [0.15, 0.2) is 0 Å². The van der Waals surface area contributed by atoms with Gasteiger partial charge in [0, 0.05) is 61.4 Å². The third-order valence-corrected chi connectivity index (χ3v) is 10.5. The van der Waals surface area contributed by atoms with Crippen LogP contribution in [0.5, 0.6) is 11.5 Å². The van der Waals surface area contributed by atoms with Crippen LogP contribution >= 0.6 is 23.5 Å². The van der Waals surface area contributed by atoms with Crippen molar-refractivity contribution in [3.63, 3.8) is 0 Å². The van der Waals surface area contributed by atoms with Crippen LogP contribution < -0.4 is 9.47 Å². The Morgan fingerprint density at radius 1 is 0.648 bits per heavy atom. The van der Waals surface area contributed by atoms with Crippen LogP contribution in [0.3, 0.4) is 0 Å². The molecule has 1 heterocycles. The molecule has 286 valence electrons. The van der Waals surface area contributed by atoms with Crippen molar-refractivity contribution in [1.82, 2.24) is 14.8 Å². The van der Waals surface area contributed by atoms with Gasteiger partial charge in [-0.15, -0.1) is 23.5 Å². The van der Waals surface area contributed by atoms with E-state index >= 15 is 0 Å². The zero-order chi connectivity index (χ0) is 38.9. The first-order chi connectivity index (χ1) is 26.0. The number of fused-ring (bicyclic) bond motifs is 1. The molecule has 1 aromatic heterocycles. The van der Waals surface area contributed by atoms with Gasteiger partial charge in [-0.3, -0.25) is 9.59 Å². The molecule has 2 amide bonds. The summed E-state index contributed by atoms with van der Waals surface area (Å²) in [6.45, 7) is 1.02. The fourth-order valence-electron chi connectivity index (χ4n) is 5.42. The molecule has 12 heteroatoms. The molecule has 0 aliphatic heterocycles. The molecule has 0 unspecified atom stereocenters. The molecular weight excluding hydrogens is 732 g/mol. The standard InChI is InChI=1S/C22H24N2O2S.C20H22F3NO2S/c1-24(16-18-9-4-6-11-20(18)26-2)22(25)12-7-15-27-21-14-13-17-8-3-5-10-19(17)23-21;1-24(14-15-6-3-4-7-18(15)26-2)19(25)8-5-13-27-17-11-9-16(10-12-17)20(21,22)23/h3-6,8-11,13-14H,7,12,15-16H2,1-2H3;3-4,6-7,9-12H,5,8,13-14H2,1-2H3. The second kappa shape index (κ2) is 21.3. The highest BCUT2D eigenvalue weighted by Crippen LogP contribution is 2.31. The van der Waals surface area contributed by atoms with Crippen LogP contribution in [0.2, 0.25) is 0 Å². The molecular formula is C42H46F3N3O4S2. The number of halogens is 3. The number of nitrogens with zero attached hydrogens (tertiary/aromatic N) is 3. The van der Waals surface area contributed by atoms with Crippen molar-refractivity contribution in [2.24, 2.45) is 0 Å². The van der Waals surface area contributed by atoms with E-state index in [1.54, 1.807) is 42.8 Å². The quantitative estimate of drug-likeness (QED) is 0.0730. The molecule has 0 saturated carbocycles. The molecule has 0 bridgehead atoms. The molecule has 0 N–H and O–H groups in total. The van der Waals surface area contributed by atoms with Gasteiger partial charge in [-0.05, 0) is 72.9 Å². The lowest BCUT2D eigenvalue weighted by atomic mass is 10.2. The molecule has 7 nitrogen and oxygen atoms in total. The van der Waals surface area contributed by atoms with Gasteiger partial charge in [0.05, 0.1) is 30.3 Å². The average molecular weight is 778 g/mol. The smallest absolute Gasteiger partial charge is 0.416 e. The number of carbonyl (C=O) groups excluding carboxylic acids is 2. The van der Waals surface area contributed by atoms with Crippen LogP contribution in [0.25, 0.3) is 10.9 Å². The minimum absolute atomic E-state index is 0.0222. The van der Waals surface area contributed by atoms with Gasteiger partial charge in [-0.1, -0.05) is 60.7 Å². The molecule has 5 rings (SSSR count). The summed E-state index contributed by atoms with van der Waals surface area (Å²) in [6, 6.07) is 32.7. The van der Waals surface area contributed by atoms with Gasteiger partial charge in [-0.25, -0.2) is 4.98 Å². The van der Waals surface area contributed by atoms with Crippen molar-refractivity contribution in [2.45, 2.75) is 54.9 Å².